The molecule has 0 spiro atoms. The molecule has 1 amide bonds. The number of nitrogens with zero attached hydrogens (tertiary/aromatic N) is 3. The Morgan fingerprint density at radius 2 is 2.03 bits per heavy atom. The zero-order valence-electron chi connectivity index (χ0n) is 17.6. The Hall–Kier alpha value is -2.10. The highest BCUT2D eigenvalue weighted by Gasteiger charge is 2.15. The van der Waals surface area contributed by atoms with E-state index in [2.05, 4.69) is 20.8 Å². The Kier molecular flexibility index (Phi) is 10.7. The summed E-state index contributed by atoms with van der Waals surface area (Å²) in [5.41, 5.74) is 1.79. The maximum atomic E-state index is 12.1. The minimum absolute atomic E-state index is 0. The second-order valence-corrected chi connectivity index (χ2v) is 7.22. The standard InChI is InChI=1S/C22H31N5O2.HI/c1-2-23-22(24-13-9-15-27-14-8-4-7-12-21(27)28)25-17-19-16-20(29-26-19)18-10-5-3-6-11-18;/h3,5-6,10-11,16H,2,4,7-9,12-15,17H2,1H3,(H2,23,24,25);1H. The van der Waals surface area contributed by atoms with Crippen molar-refractivity contribution in [1.82, 2.24) is 20.7 Å². The van der Waals surface area contributed by atoms with Gasteiger partial charge in [-0.15, -0.1) is 24.0 Å². The van der Waals surface area contributed by atoms with Crippen LogP contribution in [0, 0.1) is 0 Å². The maximum Gasteiger partial charge on any atom is 0.222 e. The van der Waals surface area contributed by atoms with E-state index in [0.29, 0.717) is 18.9 Å². The van der Waals surface area contributed by atoms with Crippen LogP contribution < -0.4 is 10.6 Å². The first kappa shape index (κ1) is 24.2. The molecule has 2 heterocycles. The Morgan fingerprint density at radius 1 is 1.20 bits per heavy atom. The number of hydrogen-bond donors (Lipinski definition) is 2. The summed E-state index contributed by atoms with van der Waals surface area (Å²) in [6.07, 6.45) is 4.90. The molecule has 0 saturated carbocycles. The van der Waals surface area contributed by atoms with E-state index in [1.165, 1.54) is 0 Å². The van der Waals surface area contributed by atoms with Crippen molar-refractivity contribution < 1.29 is 9.32 Å². The lowest BCUT2D eigenvalue weighted by Gasteiger charge is -2.20. The highest BCUT2D eigenvalue weighted by Crippen LogP contribution is 2.19. The van der Waals surface area contributed by atoms with Gasteiger partial charge in [-0.25, -0.2) is 4.99 Å². The number of likely N-dealkylation sites (tertiary alicyclic amines) is 1. The number of guanidine groups is 1. The fourth-order valence-corrected chi connectivity index (χ4v) is 3.38. The molecular formula is C22H32IN5O2. The number of amides is 1. The van der Waals surface area contributed by atoms with E-state index in [9.17, 15) is 4.79 Å². The molecule has 0 radical (unpaired) electrons. The summed E-state index contributed by atoms with van der Waals surface area (Å²) in [5, 5.41) is 10.7. The average Bonchev–Trinajstić information content (AvgIpc) is 3.13. The zero-order chi connectivity index (χ0) is 20.3. The quantitative estimate of drug-likeness (QED) is 0.237. The summed E-state index contributed by atoms with van der Waals surface area (Å²) in [6.45, 7) is 5.72. The molecule has 7 nitrogen and oxygen atoms in total. The van der Waals surface area contributed by atoms with E-state index in [0.717, 1.165) is 74.8 Å². The van der Waals surface area contributed by atoms with Gasteiger partial charge in [-0.2, -0.15) is 0 Å². The van der Waals surface area contributed by atoms with Gasteiger partial charge in [-0.3, -0.25) is 4.79 Å². The van der Waals surface area contributed by atoms with Crippen LogP contribution in [0.3, 0.4) is 0 Å². The van der Waals surface area contributed by atoms with Gasteiger partial charge in [0, 0.05) is 44.2 Å². The molecule has 3 rings (SSSR count). The lowest BCUT2D eigenvalue weighted by atomic mass is 10.2. The second-order valence-electron chi connectivity index (χ2n) is 7.22. The number of aromatic nitrogens is 1. The molecule has 0 bridgehead atoms. The van der Waals surface area contributed by atoms with Gasteiger partial charge >= 0.3 is 0 Å². The van der Waals surface area contributed by atoms with Crippen molar-refractivity contribution in [3.8, 4) is 11.3 Å². The summed E-state index contributed by atoms with van der Waals surface area (Å²) in [5.74, 6) is 1.79. The van der Waals surface area contributed by atoms with Crippen LogP contribution in [-0.4, -0.2) is 48.1 Å². The summed E-state index contributed by atoms with van der Waals surface area (Å²) in [7, 11) is 0. The van der Waals surface area contributed by atoms with Gasteiger partial charge in [0.2, 0.25) is 5.91 Å². The van der Waals surface area contributed by atoms with E-state index >= 15 is 0 Å². The maximum absolute atomic E-state index is 12.1. The molecule has 1 saturated heterocycles. The normalized spacial score (nSPS) is 14.8. The van der Waals surface area contributed by atoms with Crippen molar-refractivity contribution >= 4 is 35.8 Å². The van der Waals surface area contributed by atoms with Gasteiger partial charge < -0.3 is 20.1 Å². The van der Waals surface area contributed by atoms with Gasteiger partial charge in [0.25, 0.3) is 0 Å². The fraction of sp³-hybridized carbons (Fsp3) is 0.500. The van der Waals surface area contributed by atoms with E-state index in [1.807, 2.05) is 48.2 Å². The average molecular weight is 525 g/mol. The molecule has 164 valence electrons. The van der Waals surface area contributed by atoms with Gasteiger partial charge in [-0.1, -0.05) is 41.9 Å². The third-order valence-corrected chi connectivity index (χ3v) is 4.93. The van der Waals surface area contributed by atoms with Crippen LogP contribution in [0.5, 0.6) is 0 Å². The molecule has 0 aliphatic carbocycles. The number of aliphatic imine (C=N–C) groups is 1. The topological polar surface area (TPSA) is 82.8 Å². The Balaban J connectivity index is 0.00000320. The lowest BCUT2D eigenvalue weighted by molar-refractivity contribution is -0.130. The summed E-state index contributed by atoms with van der Waals surface area (Å²) < 4.78 is 5.43. The van der Waals surface area contributed by atoms with E-state index in [-0.39, 0.29) is 24.0 Å². The Morgan fingerprint density at radius 3 is 2.83 bits per heavy atom. The minimum Gasteiger partial charge on any atom is -0.357 e. The van der Waals surface area contributed by atoms with Crippen molar-refractivity contribution in [2.24, 2.45) is 4.99 Å². The van der Waals surface area contributed by atoms with Gasteiger partial charge in [-0.05, 0) is 26.2 Å². The number of nitrogens with one attached hydrogen (secondary N) is 2. The molecule has 8 heteroatoms. The van der Waals surface area contributed by atoms with Crippen LogP contribution in [0.1, 0.15) is 44.7 Å². The van der Waals surface area contributed by atoms with Crippen LogP contribution in [0.25, 0.3) is 11.3 Å². The van der Waals surface area contributed by atoms with Crippen LogP contribution in [-0.2, 0) is 11.3 Å². The molecule has 2 aromatic rings. The summed E-state index contributed by atoms with van der Waals surface area (Å²) in [6, 6.07) is 11.8. The van der Waals surface area contributed by atoms with Crippen molar-refractivity contribution in [3.05, 3.63) is 42.1 Å². The molecule has 0 atom stereocenters. The Labute approximate surface area is 195 Å². The highest BCUT2D eigenvalue weighted by atomic mass is 127. The highest BCUT2D eigenvalue weighted by molar-refractivity contribution is 14.0. The Bertz CT molecular complexity index is 794. The van der Waals surface area contributed by atoms with E-state index in [4.69, 9.17) is 4.52 Å². The monoisotopic (exact) mass is 525 g/mol. The van der Waals surface area contributed by atoms with Crippen molar-refractivity contribution in [1.29, 1.82) is 0 Å². The number of hydrogen-bond acceptors (Lipinski definition) is 4. The first-order chi connectivity index (χ1) is 14.3. The van der Waals surface area contributed by atoms with Gasteiger partial charge in [0.1, 0.15) is 5.69 Å². The third kappa shape index (κ3) is 7.62. The van der Waals surface area contributed by atoms with Crippen LogP contribution in [0.2, 0.25) is 0 Å². The minimum atomic E-state index is 0. The second kappa shape index (κ2) is 13.3. The molecule has 1 aliphatic rings. The first-order valence-corrected chi connectivity index (χ1v) is 10.6. The summed E-state index contributed by atoms with van der Waals surface area (Å²) >= 11 is 0. The molecule has 1 aliphatic heterocycles. The molecule has 1 fully saturated rings. The summed E-state index contributed by atoms with van der Waals surface area (Å²) in [4.78, 5) is 18.7. The molecule has 30 heavy (non-hydrogen) atoms. The number of carbonyl (C=O) groups excluding carboxylic acids is 1. The smallest absolute Gasteiger partial charge is 0.222 e. The van der Waals surface area contributed by atoms with Gasteiger partial charge in [0.15, 0.2) is 11.7 Å². The first-order valence-electron chi connectivity index (χ1n) is 10.6. The molecule has 0 unspecified atom stereocenters. The fourth-order valence-electron chi connectivity index (χ4n) is 3.38. The SMILES string of the molecule is CCNC(=NCc1cc(-c2ccccc2)on1)NCCCN1CCCCCC1=O.I. The molecular weight excluding hydrogens is 493 g/mol. The van der Waals surface area contributed by atoms with E-state index in [1.54, 1.807) is 0 Å². The lowest BCUT2D eigenvalue weighted by Crippen LogP contribution is -2.39. The predicted octanol–water partition coefficient (Wildman–Crippen LogP) is 3.81. The van der Waals surface area contributed by atoms with E-state index < -0.39 is 0 Å². The van der Waals surface area contributed by atoms with Gasteiger partial charge in [0.05, 0.1) is 6.54 Å². The number of halogens is 1. The molecule has 1 aromatic heterocycles. The van der Waals surface area contributed by atoms with Crippen molar-refractivity contribution in [3.63, 3.8) is 0 Å². The number of benzene rings is 1. The van der Waals surface area contributed by atoms with Crippen LogP contribution in [0.4, 0.5) is 0 Å². The predicted molar refractivity (Wildman–Crippen MR) is 130 cm³/mol. The van der Waals surface area contributed by atoms with Crippen LogP contribution >= 0.6 is 24.0 Å². The molecule has 2 N–H and O–H groups in total. The van der Waals surface area contributed by atoms with Crippen molar-refractivity contribution in [2.45, 2.75) is 45.6 Å². The number of rotatable bonds is 8. The largest absolute Gasteiger partial charge is 0.357 e. The third-order valence-electron chi connectivity index (χ3n) is 4.93. The zero-order valence-corrected chi connectivity index (χ0v) is 19.9. The number of carbonyl (C=O) groups is 1. The van der Waals surface area contributed by atoms with Crippen molar-refractivity contribution in [2.75, 3.05) is 26.2 Å². The molecule has 1 aromatic carbocycles. The van der Waals surface area contributed by atoms with Crippen LogP contribution in [0.15, 0.2) is 45.9 Å².